The van der Waals surface area contributed by atoms with Crippen molar-refractivity contribution in [3.8, 4) is 17.4 Å². The molecule has 1 aromatic heterocycles. The van der Waals surface area contributed by atoms with E-state index < -0.39 is 0 Å². The van der Waals surface area contributed by atoms with Gasteiger partial charge in [-0.2, -0.15) is 4.68 Å². The van der Waals surface area contributed by atoms with Crippen LogP contribution in [0, 0.1) is 0 Å². The van der Waals surface area contributed by atoms with Crippen molar-refractivity contribution in [3.05, 3.63) is 59.6 Å². The Labute approximate surface area is 114 Å². The Morgan fingerprint density at radius 2 is 1.68 bits per heavy atom. The molecular weight excluding hydrogens is 264 g/mol. The van der Waals surface area contributed by atoms with Gasteiger partial charge in [0.2, 0.25) is 0 Å². The minimum absolute atomic E-state index is 0.263. The van der Waals surface area contributed by atoms with Gasteiger partial charge in [-0.05, 0) is 34.7 Å². The van der Waals surface area contributed by atoms with Crippen LogP contribution in [0.1, 0.15) is 0 Å². The van der Waals surface area contributed by atoms with E-state index in [-0.39, 0.29) is 6.01 Å². The summed E-state index contributed by atoms with van der Waals surface area (Å²) in [6, 6.07) is 16.9. The molecule has 19 heavy (non-hydrogen) atoms. The molecule has 0 aliphatic carbocycles. The van der Waals surface area contributed by atoms with Crippen molar-refractivity contribution in [2.24, 2.45) is 0 Å². The number of nitrogens with zero attached hydrogens (tertiary/aromatic N) is 4. The Morgan fingerprint density at radius 3 is 2.47 bits per heavy atom. The summed E-state index contributed by atoms with van der Waals surface area (Å²) >= 11 is 6.04. The fraction of sp³-hybridized carbons (Fsp3) is 0. The van der Waals surface area contributed by atoms with Crippen molar-refractivity contribution in [3.63, 3.8) is 0 Å². The largest absolute Gasteiger partial charge is 0.422 e. The maximum atomic E-state index is 6.04. The van der Waals surface area contributed by atoms with Crippen LogP contribution in [0.2, 0.25) is 5.02 Å². The Kier molecular flexibility index (Phi) is 3.12. The molecule has 0 atom stereocenters. The smallest absolute Gasteiger partial charge is 0.345 e. The van der Waals surface area contributed by atoms with E-state index in [1.807, 2.05) is 42.5 Å². The number of aromatic nitrogens is 4. The van der Waals surface area contributed by atoms with Gasteiger partial charge in [-0.25, -0.2) is 0 Å². The second-order valence-electron chi connectivity index (χ2n) is 3.74. The van der Waals surface area contributed by atoms with Crippen molar-refractivity contribution >= 4 is 11.6 Å². The second-order valence-corrected chi connectivity index (χ2v) is 4.15. The first-order valence-electron chi connectivity index (χ1n) is 5.61. The van der Waals surface area contributed by atoms with Crippen molar-refractivity contribution < 1.29 is 4.74 Å². The highest BCUT2D eigenvalue weighted by Gasteiger charge is 2.11. The molecule has 3 aromatic rings. The van der Waals surface area contributed by atoms with Gasteiger partial charge in [0.05, 0.1) is 10.7 Å². The van der Waals surface area contributed by atoms with Crippen LogP contribution in [0.25, 0.3) is 5.69 Å². The molecule has 6 heteroatoms. The fourth-order valence-electron chi connectivity index (χ4n) is 1.60. The molecule has 0 radical (unpaired) electrons. The van der Waals surface area contributed by atoms with Crippen molar-refractivity contribution in [2.75, 3.05) is 0 Å². The highest BCUT2D eigenvalue weighted by atomic mass is 35.5. The lowest BCUT2D eigenvalue weighted by atomic mass is 10.3. The van der Waals surface area contributed by atoms with Crippen LogP contribution in [0.3, 0.4) is 0 Å². The number of tetrazole rings is 1. The predicted octanol–water partition coefficient (Wildman–Crippen LogP) is 3.11. The van der Waals surface area contributed by atoms with Gasteiger partial charge in [0.1, 0.15) is 5.75 Å². The van der Waals surface area contributed by atoms with Crippen LogP contribution in [0.4, 0.5) is 0 Å². The molecule has 2 aromatic carbocycles. The van der Waals surface area contributed by atoms with E-state index in [1.54, 1.807) is 12.1 Å². The molecule has 0 unspecified atom stereocenters. The van der Waals surface area contributed by atoms with E-state index in [1.165, 1.54) is 4.68 Å². The molecule has 0 bridgehead atoms. The number of rotatable bonds is 3. The molecule has 0 N–H and O–H groups in total. The Hall–Kier alpha value is -2.40. The highest BCUT2D eigenvalue weighted by molar-refractivity contribution is 6.32. The van der Waals surface area contributed by atoms with E-state index in [9.17, 15) is 0 Å². The molecule has 0 aliphatic rings. The standard InChI is InChI=1S/C13H9ClN4O/c14-11-8-4-5-9-12(11)19-13-15-16-17-18(13)10-6-2-1-3-7-10/h1-9H. The number of para-hydroxylation sites is 2. The average molecular weight is 273 g/mol. The van der Waals surface area contributed by atoms with E-state index in [0.717, 1.165) is 5.69 Å². The molecule has 5 nitrogen and oxygen atoms in total. The molecule has 0 saturated heterocycles. The summed E-state index contributed by atoms with van der Waals surface area (Å²) in [5.41, 5.74) is 0.814. The molecule has 1 heterocycles. The van der Waals surface area contributed by atoms with Gasteiger partial charge in [-0.3, -0.25) is 0 Å². The van der Waals surface area contributed by atoms with Crippen LogP contribution in [-0.4, -0.2) is 20.2 Å². The lowest BCUT2D eigenvalue weighted by Crippen LogP contribution is -2.00. The third-order valence-corrected chi connectivity index (χ3v) is 2.79. The maximum absolute atomic E-state index is 6.04. The van der Waals surface area contributed by atoms with E-state index in [4.69, 9.17) is 16.3 Å². The van der Waals surface area contributed by atoms with E-state index in [0.29, 0.717) is 10.8 Å². The van der Waals surface area contributed by atoms with Gasteiger partial charge < -0.3 is 4.74 Å². The fourth-order valence-corrected chi connectivity index (χ4v) is 1.77. The van der Waals surface area contributed by atoms with Crippen molar-refractivity contribution in [1.82, 2.24) is 20.2 Å². The zero-order valence-electron chi connectivity index (χ0n) is 9.77. The number of hydrogen-bond acceptors (Lipinski definition) is 4. The minimum Gasteiger partial charge on any atom is -0.422 e. The lowest BCUT2D eigenvalue weighted by molar-refractivity contribution is 0.427. The third kappa shape index (κ3) is 2.41. The molecular formula is C13H9ClN4O. The molecule has 0 saturated carbocycles. The second kappa shape index (κ2) is 5.07. The first-order chi connectivity index (χ1) is 9.34. The first kappa shape index (κ1) is 11.7. The van der Waals surface area contributed by atoms with Gasteiger partial charge in [-0.15, -0.1) is 0 Å². The van der Waals surface area contributed by atoms with E-state index in [2.05, 4.69) is 15.5 Å². The van der Waals surface area contributed by atoms with Crippen LogP contribution >= 0.6 is 11.6 Å². The molecule has 0 fully saturated rings. The monoisotopic (exact) mass is 272 g/mol. The zero-order valence-corrected chi connectivity index (χ0v) is 10.5. The molecule has 94 valence electrons. The van der Waals surface area contributed by atoms with Crippen LogP contribution in [-0.2, 0) is 0 Å². The quantitative estimate of drug-likeness (QED) is 0.735. The Balaban J connectivity index is 1.96. The van der Waals surface area contributed by atoms with Crippen molar-refractivity contribution in [2.45, 2.75) is 0 Å². The van der Waals surface area contributed by atoms with Crippen LogP contribution in [0.5, 0.6) is 11.8 Å². The Morgan fingerprint density at radius 1 is 0.947 bits per heavy atom. The van der Waals surface area contributed by atoms with Gasteiger partial charge in [0.15, 0.2) is 0 Å². The van der Waals surface area contributed by atoms with Crippen LogP contribution in [0.15, 0.2) is 54.6 Å². The topological polar surface area (TPSA) is 52.8 Å². The summed E-state index contributed by atoms with van der Waals surface area (Å²) in [6.07, 6.45) is 0. The Bertz CT molecular complexity index is 684. The SMILES string of the molecule is Clc1ccccc1Oc1nnnn1-c1ccccc1. The summed E-state index contributed by atoms with van der Waals surface area (Å²) in [7, 11) is 0. The predicted molar refractivity (Wildman–Crippen MR) is 70.7 cm³/mol. The summed E-state index contributed by atoms with van der Waals surface area (Å²) in [5, 5.41) is 11.9. The van der Waals surface area contributed by atoms with E-state index >= 15 is 0 Å². The lowest BCUT2D eigenvalue weighted by Gasteiger charge is -2.06. The molecule has 3 rings (SSSR count). The molecule has 0 aliphatic heterocycles. The van der Waals surface area contributed by atoms with Crippen LogP contribution < -0.4 is 4.74 Å². The molecule has 0 spiro atoms. The normalized spacial score (nSPS) is 10.4. The average Bonchev–Trinajstić information content (AvgIpc) is 2.91. The molecule has 0 amide bonds. The maximum Gasteiger partial charge on any atom is 0.345 e. The summed E-state index contributed by atoms with van der Waals surface area (Å²) in [4.78, 5) is 0. The number of hydrogen-bond donors (Lipinski definition) is 0. The minimum atomic E-state index is 0.263. The van der Waals surface area contributed by atoms with Crippen molar-refractivity contribution in [1.29, 1.82) is 0 Å². The summed E-state index contributed by atoms with van der Waals surface area (Å²) < 4.78 is 7.13. The van der Waals surface area contributed by atoms with Gasteiger partial charge in [-0.1, -0.05) is 47.0 Å². The highest BCUT2D eigenvalue weighted by Crippen LogP contribution is 2.28. The summed E-state index contributed by atoms with van der Waals surface area (Å²) in [5.74, 6) is 0.510. The third-order valence-electron chi connectivity index (χ3n) is 2.48. The summed E-state index contributed by atoms with van der Waals surface area (Å²) in [6.45, 7) is 0. The van der Waals surface area contributed by atoms with Gasteiger partial charge in [0, 0.05) is 0 Å². The van der Waals surface area contributed by atoms with Gasteiger partial charge in [0.25, 0.3) is 0 Å². The van der Waals surface area contributed by atoms with Gasteiger partial charge >= 0.3 is 6.01 Å². The number of benzene rings is 2. The zero-order chi connectivity index (χ0) is 13.1. The first-order valence-corrected chi connectivity index (χ1v) is 5.98. The number of ether oxygens (including phenoxy) is 1. The number of halogens is 1.